The first kappa shape index (κ1) is 17.7. The van der Waals surface area contributed by atoms with Crippen LogP contribution in [0.5, 0.6) is 0 Å². The Hall–Kier alpha value is -1.40. The molecule has 0 aromatic heterocycles. The van der Waals surface area contributed by atoms with E-state index < -0.39 is 21.5 Å². The number of benzene rings is 1. The second kappa shape index (κ2) is 8.79. The SMILES string of the molecule is CC(C)CONC(=O)CS(=O)(=O)CCCc1ccccc1. The Labute approximate surface area is 126 Å². The van der Waals surface area contributed by atoms with E-state index in [9.17, 15) is 13.2 Å². The van der Waals surface area contributed by atoms with Gasteiger partial charge in [-0.25, -0.2) is 13.9 Å². The maximum atomic E-state index is 11.8. The van der Waals surface area contributed by atoms with E-state index in [1.807, 2.05) is 44.2 Å². The van der Waals surface area contributed by atoms with E-state index in [-0.39, 0.29) is 11.7 Å². The highest BCUT2D eigenvalue weighted by molar-refractivity contribution is 7.92. The van der Waals surface area contributed by atoms with Gasteiger partial charge in [0.1, 0.15) is 5.75 Å². The van der Waals surface area contributed by atoms with Crippen molar-refractivity contribution < 1.29 is 18.0 Å². The first-order valence-electron chi connectivity index (χ1n) is 7.04. The molecule has 1 amide bonds. The Morgan fingerprint density at radius 3 is 2.52 bits per heavy atom. The third kappa shape index (κ3) is 8.47. The first-order valence-corrected chi connectivity index (χ1v) is 8.86. The van der Waals surface area contributed by atoms with Crippen molar-refractivity contribution in [3.63, 3.8) is 0 Å². The van der Waals surface area contributed by atoms with Gasteiger partial charge in [-0.3, -0.25) is 9.63 Å². The highest BCUT2D eigenvalue weighted by atomic mass is 32.2. The Bertz CT molecular complexity index is 526. The second-order valence-electron chi connectivity index (χ2n) is 5.41. The van der Waals surface area contributed by atoms with Crippen LogP contribution in [0.4, 0.5) is 0 Å². The maximum absolute atomic E-state index is 11.8. The van der Waals surface area contributed by atoms with Gasteiger partial charge in [-0.1, -0.05) is 44.2 Å². The number of amides is 1. The first-order chi connectivity index (χ1) is 9.89. The van der Waals surface area contributed by atoms with Crippen LogP contribution in [0.15, 0.2) is 30.3 Å². The van der Waals surface area contributed by atoms with Crippen molar-refractivity contribution >= 4 is 15.7 Å². The van der Waals surface area contributed by atoms with Crippen LogP contribution in [0, 0.1) is 5.92 Å². The molecule has 0 atom stereocenters. The second-order valence-corrected chi connectivity index (χ2v) is 7.60. The smallest absolute Gasteiger partial charge is 0.258 e. The molecule has 1 aromatic carbocycles. The molecule has 0 aliphatic carbocycles. The quantitative estimate of drug-likeness (QED) is 0.705. The summed E-state index contributed by atoms with van der Waals surface area (Å²) < 4.78 is 23.6. The lowest BCUT2D eigenvalue weighted by Crippen LogP contribution is -2.32. The number of aryl methyl sites for hydroxylation is 1. The number of hydrogen-bond donors (Lipinski definition) is 1. The molecule has 0 fully saturated rings. The van der Waals surface area contributed by atoms with Crippen LogP contribution in [0.3, 0.4) is 0 Å². The molecule has 1 aromatic rings. The van der Waals surface area contributed by atoms with Gasteiger partial charge < -0.3 is 0 Å². The summed E-state index contributed by atoms with van der Waals surface area (Å²) >= 11 is 0. The molecule has 1 rings (SSSR count). The minimum absolute atomic E-state index is 0.000501. The van der Waals surface area contributed by atoms with Gasteiger partial charge in [0.05, 0.1) is 12.4 Å². The summed E-state index contributed by atoms with van der Waals surface area (Å²) in [5, 5.41) is 0. The lowest BCUT2D eigenvalue weighted by atomic mass is 10.1. The monoisotopic (exact) mass is 313 g/mol. The summed E-state index contributed by atoms with van der Waals surface area (Å²) in [6.07, 6.45) is 1.19. The number of sulfone groups is 1. The largest absolute Gasteiger partial charge is 0.273 e. The fraction of sp³-hybridized carbons (Fsp3) is 0.533. The van der Waals surface area contributed by atoms with Crippen molar-refractivity contribution in [2.75, 3.05) is 18.1 Å². The lowest BCUT2D eigenvalue weighted by Gasteiger charge is -2.08. The summed E-state index contributed by atoms with van der Waals surface area (Å²) in [4.78, 5) is 16.4. The van der Waals surface area contributed by atoms with E-state index in [1.54, 1.807) is 0 Å². The topological polar surface area (TPSA) is 72.5 Å². The highest BCUT2D eigenvalue weighted by Crippen LogP contribution is 2.04. The molecule has 0 bridgehead atoms. The molecule has 0 radical (unpaired) electrons. The molecule has 21 heavy (non-hydrogen) atoms. The van der Waals surface area contributed by atoms with Crippen LogP contribution in [-0.4, -0.2) is 32.4 Å². The molecule has 1 N–H and O–H groups in total. The summed E-state index contributed by atoms with van der Waals surface area (Å²) in [6, 6.07) is 9.67. The molecule has 6 heteroatoms. The zero-order chi connectivity index (χ0) is 15.7. The van der Waals surface area contributed by atoms with Gasteiger partial charge >= 0.3 is 0 Å². The number of carbonyl (C=O) groups is 1. The molecule has 0 heterocycles. The Morgan fingerprint density at radius 1 is 1.24 bits per heavy atom. The molecular formula is C15H23NO4S. The van der Waals surface area contributed by atoms with Crippen molar-refractivity contribution in [3.8, 4) is 0 Å². The summed E-state index contributed by atoms with van der Waals surface area (Å²) in [5.41, 5.74) is 3.25. The molecule has 0 saturated heterocycles. The number of carbonyl (C=O) groups excluding carboxylic acids is 1. The lowest BCUT2D eigenvalue weighted by molar-refractivity contribution is -0.131. The molecule has 0 aliphatic rings. The Kier molecular flexibility index (Phi) is 7.39. The summed E-state index contributed by atoms with van der Waals surface area (Å²) in [7, 11) is -3.39. The molecule has 0 saturated carbocycles. The third-order valence-corrected chi connectivity index (χ3v) is 4.33. The Balaban J connectivity index is 2.28. The van der Waals surface area contributed by atoms with Crippen LogP contribution in [0.2, 0.25) is 0 Å². The zero-order valence-corrected chi connectivity index (χ0v) is 13.4. The predicted octanol–water partition coefficient (Wildman–Crippen LogP) is 1.74. The van der Waals surface area contributed by atoms with E-state index in [0.717, 1.165) is 5.56 Å². The van der Waals surface area contributed by atoms with E-state index in [1.165, 1.54) is 0 Å². The van der Waals surface area contributed by atoms with Crippen molar-refractivity contribution in [2.24, 2.45) is 5.92 Å². The van der Waals surface area contributed by atoms with E-state index in [4.69, 9.17) is 4.84 Å². The van der Waals surface area contributed by atoms with E-state index in [2.05, 4.69) is 5.48 Å². The number of hydroxylamine groups is 1. The summed E-state index contributed by atoms with van der Waals surface area (Å²) in [5.74, 6) is -0.873. The van der Waals surface area contributed by atoms with Gasteiger partial charge in [-0.2, -0.15) is 0 Å². The van der Waals surface area contributed by atoms with Crippen molar-refractivity contribution in [1.29, 1.82) is 0 Å². The molecule has 0 aliphatic heterocycles. The zero-order valence-electron chi connectivity index (χ0n) is 12.5. The number of rotatable bonds is 9. The Morgan fingerprint density at radius 2 is 1.90 bits per heavy atom. The molecule has 5 nitrogen and oxygen atoms in total. The fourth-order valence-corrected chi connectivity index (χ4v) is 2.92. The maximum Gasteiger partial charge on any atom is 0.258 e. The molecule has 0 unspecified atom stereocenters. The standard InChI is InChI=1S/C15H23NO4S/c1-13(2)11-20-16-15(17)12-21(18,19)10-6-9-14-7-4-3-5-8-14/h3-5,7-8,13H,6,9-12H2,1-2H3,(H,16,17). The van der Waals surface area contributed by atoms with Crippen molar-refractivity contribution in [1.82, 2.24) is 5.48 Å². The van der Waals surface area contributed by atoms with Gasteiger partial charge in [0.2, 0.25) is 0 Å². The van der Waals surface area contributed by atoms with E-state index >= 15 is 0 Å². The summed E-state index contributed by atoms with van der Waals surface area (Å²) in [6.45, 7) is 4.23. The number of nitrogens with one attached hydrogen (secondary N) is 1. The van der Waals surface area contributed by atoms with Crippen molar-refractivity contribution in [2.45, 2.75) is 26.7 Å². The van der Waals surface area contributed by atoms with Gasteiger partial charge in [-0.05, 0) is 24.3 Å². The molecule has 118 valence electrons. The number of hydrogen-bond acceptors (Lipinski definition) is 4. The minimum atomic E-state index is -3.39. The van der Waals surface area contributed by atoms with Crippen LogP contribution >= 0.6 is 0 Å². The average molecular weight is 313 g/mol. The van der Waals surface area contributed by atoms with Crippen LogP contribution in [-0.2, 0) is 25.9 Å². The average Bonchev–Trinajstić information content (AvgIpc) is 2.38. The van der Waals surface area contributed by atoms with Crippen molar-refractivity contribution in [3.05, 3.63) is 35.9 Å². The third-order valence-electron chi connectivity index (χ3n) is 2.72. The van der Waals surface area contributed by atoms with Crippen LogP contribution in [0.1, 0.15) is 25.8 Å². The normalized spacial score (nSPS) is 11.6. The van der Waals surface area contributed by atoms with Crippen LogP contribution in [0.25, 0.3) is 0 Å². The van der Waals surface area contributed by atoms with Gasteiger partial charge in [0.25, 0.3) is 5.91 Å². The fourth-order valence-electron chi connectivity index (χ4n) is 1.73. The predicted molar refractivity (Wildman–Crippen MR) is 82.3 cm³/mol. The van der Waals surface area contributed by atoms with Gasteiger partial charge in [0, 0.05) is 0 Å². The molecule has 0 spiro atoms. The van der Waals surface area contributed by atoms with Crippen LogP contribution < -0.4 is 5.48 Å². The molecular weight excluding hydrogens is 290 g/mol. The van der Waals surface area contributed by atoms with Gasteiger partial charge in [0.15, 0.2) is 9.84 Å². The van der Waals surface area contributed by atoms with E-state index in [0.29, 0.717) is 19.4 Å². The highest BCUT2D eigenvalue weighted by Gasteiger charge is 2.16. The minimum Gasteiger partial charge on any atom is -0.273 e. The van der Waals surface area contributed by atoms with Gasteiger partial charge in [-0.15, -0.1) is 0 Å².